The summed E-state index contributed by atoms with van der Waals surface area (Å²) in [6.45, 7) is 5.70. The van der Waals surface area contributed by atoms with Crippen molar-refractivity contribution in [2.45, 2.75) is 45.9 Å². The van der Waals surface area contributed by atoms with Crippen LogP contribution in [0.2, 0.25) is 0 Å². The number of aliphatic carboxylic acids is 1. The third kappa shape index (κ3) is 2.88. The molecule has 0 saturated carbocycles. The normalized spacial score (nSPS) is 22.9. The fourth-order valence-corrected chi connectivity index (χ4v) is 3.72. The Morgan fingerprint density at radius 1 is 1.46 bits per heavy atom. The van der Waals surface area contributed by atoms with Crippen LogP contribution >= 0.6 is 0 Å². The summed E-state index contributed by atoms with van der Waals surface area (Å²) in [7, 11) is 0. The van der Waals surface area contributed by atoms with Crippen LogP contribution in [0.4, 0.5) is 0 Å². The number of hydrogen-bond acceptors (Lipinski definition) is 5. The van der Waals surface area contributed by atoms with Gasteiger partial charge < -0.3 is 20.4 Å². The highest BCUT2D eigenvalue weighted by Gasteiger charge is 2.57. The standard InChI is InChI=1S/C17H22N4O5/c1-8-6-12(19-20(8)5-4-18-10(3)23)11-7-13-14(9(2)22)16(24)21(13)15(11)17(25)26/h6,9,13-14,22H,4-5,7H2,1-3H3,(H,18,23)(H,25,26)/t9-,13-,14-/m1/s1. The SMILES string of the molecule is CC(=O)NCCn1nc(C2=C(C(=O)O)N3C(=O)[C@H]([C@@H](C)O)[C@H]3C2)cc1C. The van der Waals surface area contributed by atoms with Crippen molar-refractivity contribution in [1.29, 1.82) is 0 Å². The molecule has 2 aliphatic rings. The van der Waals surface area contributed by atoms with Crippen LogP contribution in [0.1, 0.15) is 31.7 Å². The van der Waals surface area contributed by atoms with Crippen molar-refractivity contribution in [3.63, 3.8) is 0 Å². The number of aliphatic hydroxyl groups excluding tert-OH is 1. The van der Waals surface area contributed by atoms with Crippen LogP contribution in [-0.4, -0.2) is 61.4 Å². The molecule has 0 bridgehead atoms. The van der Waals surface area contributed by atoms with E-state index in [1.807, 2.05) is 6.92 Å². The Hall–Kier alpha value is -2.68. The summed E-state index contributed by atoms with van der Waals surface area (Å²) in [5, 5.41) is 26.5. The van der Waals surface area contributed by atoms with Crippen molar-refractivity contribution >= 4 is 23.4 Å². The number of β-lactam (4-membered cyclic amide) rings is 1. The molecule has 0 unspecified atom stereocenters. The Balaban J connectivity index is 1.88. The first-order chi connectivity index (χ1) is 12.2. The second kappa shape index (κ2) is 6.56. The second-order valence-corrected chi connectivity index (χ2v) is 6.76. The molecular formula is C17H22N4O5. The number of hydrogen-bond donors (Lipinski definition) is 3. The number of carboxylic acids is 1. The van der Waals surface area contributed by atoms with Gasteiger partial charge in [0.05, 0.1) is 30.3 Å². The van der Waals surface area contributed by atoms with E-state index in [0.717, 1.165) is 5.69 Å². The summed E-state index contributed by atoms with van der Waals surface area (Å²) in [6, 6.07) is 1.44. The minimum atomic E-state index is -1.18. The third-order valence-electron chi connectivity index (χ3n) is 4.92. The molecule has 3 rings (SSSR count). The molecule has 1 aromatic rings. The van der Waals surface area contributed by atoms with Crippen molar-refractivity contribution in [2.24, 2.45) is 5.92 Å². The number of fused-ring (bicyclic) bond motifs is 1. The molecule has 0 aliphatic carbocycles. The minimum Gasteiger partial charge on any atom is -0.477 e. The minimum absolute atomic E-state index is 0.0524. The Kier molecular flexibility index (Phi) is 4.57. The predicted molar refractivity (Wildman–Crippen MR) is 90.6 cm³/mol. The van der Waals surface area contributed by atoms with Gasteiger partial charge in [-0.1, -0.05) is 0 Å². The van der Waals surface area contributed by atoms with Crippen molar-refractivity contribution < 1.29 is 24.6 Å². The largest absolute Gasteiger partial charge is 0.477 e. The smallest absolute Gasteiger partial charge is 0.352 e. The lowest BCUT2D eigenvalue weighted by Gasteiger charge is -2.44. The highest BCUT2D eigenvalue weighted by Crippen LogP contribution is 2.46. The molecule has 26 heavy (non-hydrogen) atoms. The first-order valence-corrected chi connectivity index (χ1v) is 8.49. The highest BCUT2D eigenvalue weighted by atomic mass is 16.4. The molecule has 0 aromatic carbocycles. The van der Waals surface area contributed by atoms with Gasteiger partial charge in [0.25, 0.3) is 0 Å². The Labute approximate surface area is 150 Å². The molecule has 9 heteroatoms. The fourth-order valence-electron chi connectivity index (χ4n) is 3.72. The van der Waals surface area contributed by atoms with Crippen LogP contribution in [-0.2, 0) is 20.9 Å². The van der Waals surface area contributed by atoms with Gasteiger partial charge in [-0.25, -0.2) is 4.79 Å². The number of carbonyl (C=O) groups is 3. The van der Waals surface area contributed by atoms with Gasteiger partial charge in [0, 0.05) is 24.7 Å². The van der Waals surface area contributed by atoms with E-state index in [1.54, 1.807) is 17.7 Å². The van der Waals surface area contributed by atoms with Crippen molar-refractivity contribution in [3.8, 4) is 0 Å². The zero-order valence-electron chi connectivity index (χ0n) is 14.9. The van der Waals surface area contributed by atoms with Gasteiger partial charge in [-0.2, -0.15) is 5.10 Å². The molecule has 1 fully saturated rings. The van der Waals surface area contributed by atoms with Crippen molar-refractivity contribution in [2.75, 3.05) is 6.54 Å². The van der Waals surface area contributed by atoms with Crippen LogP contribution in [0, 0.1) is 12.8 Å². The van der Waals surface area contributed by atoms with Gasteiger partial charge in [0.1, 0.15) is 5.70 Å². The number of carbonyl (C=O) groups excluding carboxylic acids is 2. The number of aromatic nitrogens is 2. The van der Waals surface area contributed by atoms with Gasteiger partial charge in [-0.3, -0.25) is 14.3 Å². The zero-order chi connectivity index (χ0) is 19.2. The van der Waals surface area contributed by atoms with Gasteiger partial charge in [0.15, 0.2) is 0 Å². The lowest BCUT2D eigenvalue weighted by Crippen LogP contribution is -2.61. The molecule has 2 aliphatic heterocycles. The summed E-state index contributed by atoms with van der Waals surface area (Å²) in [6.07, 6.45) is -0.472. The number of nitrogens with zero attached hydrogens (tertiary/aromatic N) is 3. The lowest BCUT2D eigenvalue weighted by atomic mass is 9.83. The van der Waals surface area contributed by atoms with E-state index in [9.17, 15) is 24.6 Å². The Morgan fingerprint density at radius 2 is 2.15 bits per heavy atom. The number of carboxylic acid groups (broad SMARTS) is 1. The first-order valence-electron chi connectivity index (χ1n) is 8.49. The Morgan fingerprint density at radius 3 is 2.73 bits per heavy atom. The number of nitrogens with one attached hydrogen (secondary N) is 1. The molecule has 2 amide bonds. The topological polar surface area (TPSA) is 125 Å². The van der Waals surface area contributed by atoms with E-state index in [2.05, 4.69) is 10.4 Å². The van der Waals surface area contributed by atoms with Crippen molar-refractivity contribution in [3.05, 3.63) is 23.2 Å². The molecule has 140 valence electrons. The average Bonchev–Trinajstić information content (AvgIpc) is 3.05. The predicted octanol–water partition coefficient (Wildman–Crippen LogP) is -0.265. The first kappa shape index (κ1) is 18.1. The van der Waals surface area contributed by atoms with Crippen molar-refractivity contribution in [1.82, 2.24) is 20.0 Å². The summed E-state index contributed by atoms with van der Waals surface area (Å²) >= 11 is 0. The monoisotopic (exact) mass is 362 g/mol. The summed E-state index contributed by atoms with van der Waals surface area (Å²) in [4.78, 5) is 36.2. The molecule has 1 saturated heterocycles. The van der Waals surface area contributed by atoms with Crippen LogP contribution < -0.4 is 5.32 Å². The van der Waals surface area contributed by atoms with Gasteiger partial charge in [-0.15, -0.1) is 0 Å². The molecule has 3 N–H and O–H groups in total. The van der Waals surface area contributed by atoms with E-state index in [0.29, 0.717) is 30.8 Å². The van der Waals surface area contributed by atoms with Gasteiger partial charge >= 0.3 is 5.97 Å². The maximum absolute atomic E-state index is 12.3. The van der Waals surface area contributed by atoms with Crippen LogP contribution in [0.15, 0.2) is 11.8 Å². The van der Waals surface area contributed by atoms with Gasteiger partial charge in [-0.05, 0) is 26.3 Å². The molecule has 3 heterocycles. The molecule has 1 aromatic heterocycles. The van der Waals surface area contributed by atoms with E-state index in [-0.39, 0.29) is 23.6 Å². The fraction of sp³-hybridized carbons (Fsp3) is 0.529. The molecular weight excluding hydrogens is 340 g/mol. The quantitative estimate of drug-likeness (QED) is 0.599. The zero-order valence-corrected chi connectivity index (χ0v) is 14.9. The van der Waals surface area contributed by atoms with E-state index in [1.165, 1.54) is 11.8 Å². The summed E-state index contributed by atoms with van der Waals surface area (Å²) in [5.41, 5.74) is 1.79. The molecule has 9 nitrogen and oxygen atoms in total. The molecule has 0 spiro atoms. The number of amides is 2. The number of rotatable bonds is 6. The third-order valence-corrected chi connectivity index (χ3v) is 4.92. The second-order valence-electron chi connectivity index (χ2n) is 6.76. The van der Waals surface area contributed by atoms with Crippen LogP contribution in [0.5, 0.6) is 0 Å². The van der Waals surface area contributed by atoms with Gasteiger partial charge in [0.2, 0.25) is 11.8 Å². The maximum atomic E-state index is 12.3. The molecule has 0 radical (unpaired) electrons. The maximum Gasteiger partial charge on any atom is 0.352 e. The summed E-state index contributed by atoms with van der Waals surface area (Å²) in [5.74, 6) is -2.25. The Bertz CT molecular complexity index is 810. The number of aliphatic hydroxyl groups is 1. The van der Waals surface area contributed by atoms with Crippen LogP contribution in [0.3, 0.4) is 0 Å². The lowest BCUT2D eigenvalue weighted by molar-refractivity contribution is -0.161. The highest BCUT2D eigenvalue weighted by molar-refractivity contribution is 6.05. The van der Waals surface area contributed by atoms with E-state index < -0.39 is 18.0 Å². The van der Waals surface area contributed by atoms with E-state index >= 15 is 0 Å². The average molecular weight is 362 g/mol. The molecule has 3 atom stereocenters. The van der Waals surface area contributed by atoms with E-state index in [4.69, 9.17) is 0 Å². The number of aryl methyl sites for hydroxylation is 1. The summed E-state index contributed by atoms with van der Waals surface area (Å²) < 4.78 is 1.70. The van der Waals surface area contributed by atoms with Crippen LogP contribution in [0.25, 0.3) is 5.57 Å².